The molecule has 0 saturated carbocycles. The SMILES string of the molecule is COc1ccc(CN2CCN(C(=O)c3ccc4c(c3)NC(=O)c3ccccc3S4)CC2)c(OC)c1OC. The quantitative estimate of drug-likeness (QED) is 0.518. The highest BCUT2D eigenvalue weighted by atomic mass is 32.2. The Morgan fingerprint density at radius 1 is 0.892 bits per heavy atom. The summed E-state index contributed by atoms with van der Waals surface area (Å²) in [6.45, 7) is 3.36. The van der Waals surface area contributed by atoms with Crippen molar-refractivity contribution in [1.29, 1.82) is 0 Å². The number of hydrogen-bond acceptors (Lipinski definition) is 7. The number of methoxy groups -OCH3 is 3. The van der Waals surface area contributed by atoms with E-state index in [-0.39, 0.29) is 11.8 Å². The second kappa shape index (κ2) is 10.7. The van der Waals surface area contributed by atoms with Gasteiger partial charge in [-0.15, -0.1) is 0 Å². The van der Waals surface area contributed by atoms with E-state index >= 15 is 0 Å². The molecule has 3 aromatic rings. The molecule has 0 bridgehead atoms. The monoisotopic (exact) mass is 519 g/mol. The lowest BCUT2D eigenvalue weighted by Crippen LogP contribution is -2.48. The van der Waals surface area contributed by atoms with E-state index in [0.29, 0.717) is 53.7 Å². The third kappa shape index (κ3) is 4.97. The summed E-state index contributed by atoms with van der Waals surface area (Å²) in [5.41, 5.74) is 2.87. The lowest BCUT2D eigenvalue weighted by atomic mass is 10.1. The number of benzene rings is 3. The Hall–Kier alpha value is -3.69. The van der Waals surface area contributed by atoms with Gasteiger partial charge in [-0.1, -0.05) is 30.0 Å². The molecule has 192 valence electrons. The number of carbonyl (C=O) groups excluding carboxylic acids is 2. The Balaban J connectivity index is 1.25. The highest BCUT2D eigenvalue weighted by molar-refractivity contribution is 7.99. The molecule has 0 spiro atoms. The summed E-state index contributed by atoms with van der Waals surface area (Å²) < 4.78 is 16.5. The lowest BCUT2D eigenvalue weighted by Gasteiger charge is -2.35. The Morgan fingerprint density at radius 3 is 2.38 bits per heavy atom. The first-order valence-corrected chi connectivity index (χ1v) is 12.9. The molecule has 1 saturated heterocycles. The summed E-state index contributed by atoms with van der Waals surface area (Å²) in [5, 5.41) is 2.97. The zero-order valence-electron chi connectivity index (χ0n) is 21.1. The Bertz CT molecular complexity index is 1340. The number of amides is 2. The number of nitrogens with zero attached hydrogens (tertiary/aromatic N) is 2. The molecule has 0 unspecified atom stereocenters. The average Bonchev–Trinajstić information content (AvgIpc) is 3.07. The van der Waals surface area contributed by atoms with Gasteiger partial charge in [0.05, 0.1) is 32.6 Å². The fraction of sp³-hybridized carbons (Fsp3) is 0.286. The fourth-order valence-electron chi connectivity index (χ4n) is 4.72. The summed E-state index contributed by atoms with van der Waals surface area (Å²) in [6, 6.07) is 16.9. The predicted molar refractivity (Wildman–Crippen MR) is 142 cm³/mol. The van der Waals surface area contributed by atoms with E-state index in [0.717, 1.165) is 28.4 Å². The molecule has 0 aliphatic carbocycles. The van der Waals surface area contributed by atoms with E-state index in [2.05, 4.69) is 10.2 Å². The van der Waals surface area contributed by atoms with Crippen molar-refractivity contribution in [2.45, 2.75) is 16.3 Å². The van der Waals surface area contributed by atoms with Gasteiger partial charge >= 0.3 is 0 Å². The van der Waals surface area contributed by atoms with Gasteiger partial charge in [0.1, 0.15) is 0 Å². The maximum atomic E-state index is 13.3. The number of hydrogen-bond donors (Lipinski definition) is 1. The van der Waals surface area contributed by atoms with Crippen molar-refractivity contribution in [3.8, 4) is 17.2 Å². The first kappa shape index (κ1) is 25.0. The summed E-state index contributed by atoms with van der Waals surface area (Å²) in [6.07, 6.45) is 0. The number of piperazine rings is 1. The summed E-state index contributed by atoms with van der Waals surface area (Å²) in [7, 11) is 4.82. The van der Waals surface area contributed by atoms with Crippen molar-refractivity contribution in [1.82, 2.24) is 9.80 Å². The van der Waals surface area contributed by atoms with Crippen LogP contribution >= 0.6 is 11.8 Å². The van der Waals surface area contributed by atoms with Crippen molar-refractivity contribution in [3.63, 3.8) is 0 Å². The normalized spacial score (nSPS) is 15.2. The minimum absolute atomic E-state index is 0.0350. The van der Waals surface area contributed by atoms with Crippen LogP contribution in [-0.2, 0) is 6.54 Å². The average molecular weight is 520 g/mol. The molecule has 0 atom stereocenters. The highest BCUT2D eigenvalue weighted by Crippen LogP contribution is 2.41. The molecule has 2 heterocycles. The first-order chi connectivity index (χ1) is 18.0. The standard InChI is InChI=1S/C28H29N3O5S/c1-34-22-10-8-19(25(35-2)26(22)36-3)17-30-12-14-31(15-13-30)28(33)18-9-11-24-21(16-18)29-27(32)20-6-4-5-7-23(20)37-24/h4-11,16H,12-15,17H2,1-3H3,(H,29,32). The summed E-state index contributed by atoms with van der Waals surface area (Å²) in [5.74, 6) is 1.66. The molecule has 1 N–H and O–H groups in total. The molecule has 9 heteroatoms. The second-order valence-corrected chi connectivity index (χ2v) is 9.91. The van der Waals surface area contributed by atoms with Crippen molar-refractivity contribution in [3.05, 3.63) is 71.3 Å². The predicted octanol–water partition coefficient (Wildman–Crippen LogP) is 4.39. The van der Waals surface area contributed by atoms with Gasteiger partial charge in [0.2, 0.25) is 5.75 Å². The lowest BCUT2D eigenvalue weighted by molar-refractivity contribution is 0.0627. The third-order valence-corrected chi connectivity index (χ3v) is 7.82. The Labute approximate surface area is 220 Å². The zero-order chi connectivity index (χ0) is 25.9. The number of ether oxygens (including phenoxy) is 3. The molecule has 8 nitrogen and oxygen atoms in total. The highest BCUT2D eigenvalue weighted by Gasteiger charge is 2.26. The van der Waals surface area contributed by atoms with Crippen molar-refractivity contribution < 1.29 is 23.8 Å². The van der Waals surface area contributed by atoms with Crippen molar-refractivity contribution >= 4 is 29.3 Å². The molecule has 5 rings (SSSR count). The van der Waals surface area contributed by atoms with Crippen LogP contribution in [0.15, 0.2) is 64.4 Å². The van der Waals surface area contributed by atoms with E-state index < -0.39 is 0 Å². The number of fused-ring (bicyclic) bond motifs is 2. The molecule has 2 aliphatic heterocycles. The van der Waals surface area contributed by atoms with Crippen LogP contribution in [0.3, 0.4) is 0 Å². The van der Waals surface area contributed by atoms with Crippen LogP contribution in [0.1, 0.15) is 26.3 Å². The van der Waals surface area contributed by atoms with Crippen LogP contribution in [-0.4, -0.2) is 69.1 Å². The van der Waals surface area contributed by atoms with Crippen molar-refractivity contribution in [2.24, 2.45) is 0 Å². The van der Waals surface area contributed by atoms with E-state index in [1.807, 2.05) is 53.4 Å². The molecule has 1 fully saturated rings. The van der Waals surface area contributed by atoms with Gasteiger partial charge in [0, 0.05) is 53.6 Å². The molecule has 37 heavy (non-hydrogen) atoms. The topological polar surface area (TPSA) is 80.3 Å². The van der Waals surface area contributed by atoms with Crippen LogP contribution in [0, 0.1) is 0 Å². The molecule has 3 aromatic carbocycles. The van der Waals surface area contributed by atoms with E-state index in [4.69, 9.17) is 14.2 Å². The summed E-state index contributed by atoms with van der Waals surface area (Å²) >= 11 is 1.53. The van der Waals surface area contributed by atoms with Gasteiger partial charge in [-0.05, 0) is 36.4 Å². The smallest absolute Gasteiger partial charge is 0.256 e. The van der Waals surface area contributed by atoms with Gasteiger partial charge in [0.15, 0.2) is 11.5 Å². The second-order valence-electron chi connectivity index (χ2n) is 8.83. The molecule has 2 amide bonds. The van der Waals surface area contributed by atoms with Crippen LogP contribution < -0.4 is 19.5 Å². The zero-order valence-corrected chi connectivity index (χ0v) is 21.9. The van der Waals surface area contributed by atoms with Crippen LogP contribution in [0.2, 0.25) is 0 Å². The number of anilines is 1. The van der Waals surface area contributed by atoms with Crippen LogP contribution in [0.25, 0.3) is 0 Å². The van der Waals surface area contributed by atoms with Gasteiger partial charge in [-0.3, -0.25) is 14.5 Å². The van der Waals surface area contributed by atoms with E-state index in [9.17, 15) is 9.59 Å². The number of rotatable bonds is 6. The number of carbonyl (C=O) groups is 2. The minimum Gasteiger partial charge on any atom is -0.493 e. The van der Waals surface area contributed by atoms with E-state index in [1.54, 1.807) is 27.4 Å². The first-order valence-electron chi connectivity index (χ1n) is 12.0. The molecule has 0 aromatic heterocycles. The maximum Gasteiger partial charge on any atom is 0.256 e. The van der Waals surface area contributed by atoms with Gasteiger partial charge in [-0.2, -0.15) is 0 Å². The molecular weight excluding hydrogens is 490 g/mol. The minimum atomic E-state index is -0.161. The largest absolute Gasteiger partial charge is 0.493 e. The third-order valence-electron chi connectivity index (χ3n) is 6.67. The van der Waals surface area contributed by atoms with Gasteiger partial charge in [-0.25, -0.2) is 0 Å². The van der Waals surface area contributed by atoms with Crippen LogP contribution in [0.4, 0.5) is 5.69 Å². The van der Waals surface area contributed by atoms with E-state index in [1.165, 1.54) is 11.8 Å². The van der Waals surface area contributed by atoms with Gasteiger partial charge < -0.3 is 24.4 Å². The Kier molecular flexibility index (Phi) is 7.25. The van der Waals surface area contributed by atoms with Gasteiger partial charge in [0.25, 0.3) is 11.8 Å². The van der Waals surface area contributed by atoms with Crippen molar-refractivity contribution in [2.75, 3.05) is 52.8 Å². The molecule has 2 aliphatic rings. The fourth-order valence-corrected chi connectivity index (χ4v) is 5.73. The summed E-state index contributed by atoms with van der Waals surface area (Å²) in [4.78, 5) is 32.0. The Morgan fingerprint density at radius 2 is 1.65 bits per heavy atom. The molecule has 0 radical (unpaired) electrons. The molecular formula is C28H29N3O5S. The number of nitrogens with one attached hydrogen (secondary N) is 1. The maximum absolute atomic E-state index is 13.3. The van der Waals surface area contributed by atoms with Crippen LogP contribution in [0.5, 0.6) is 17.2 Å².